The SMILES string of the molecule is CN1[CH-]N(c2[c-]c(Oc3[c-]c4c(cc3)c3ccccc3n4-c3cc(C(C)(C)C)ccn3)ccc2)c2c1ccc1c2c2ccccc2n1C.[Pt]. The molecule has 7 heteroatoms. The number of anilines is 3. The summed E-state index contributed by atoms with van der Waals surface area (Å²) in [5.74, 6) is 2.10. The second-order valence-electron chi connectivity index (χ2n) is 13.6. The number of benzene rings is 5. The summed E-state index contributed by atoms with van der Waals surface area (Å²) in [6.07, 6.45) is 1.90. The standard InChI is InChI=1S/C42H34N5O.Pt/c1-42(2,3)27-21-22-43-39(23-27)47-35-16-9-6-13-31(35)32-18-17-30(25-38(32)47)48-29-12-10-11-28(24-29)46-26-44(4)37-20-19-36-40(41(37)46)33-14-7-8-15-34(33)45(36)5;/h6-23,26H,1-5H3;/q-3;. The van der Waals surface area contributed by atoms with Gasteiger partial charge in [0.25, 0.3) is 0 Å². The Morgan fingerprint density at radius 1 is 0.714 bits per heavy atom. The van der Waals surface area contributed by atoms with Crippen LogP contribution in [0.5, 0.6) is 11.5 Å². The summed E-state index contributed by atoms with van der Waals surface area (Å²) in [7, 11) is 4.22. The van der Waals surface area contributed by atoms with E-state index in [9.17, 15) is 0 Å². The van der Waals surface area contributed by atoms with Gasteiger partial charge in [-0.3, -0.25) is 0 Å². The summed E-state index contributed by atoms with van der Waals surface area (Å²) >= 11 is 0. The van der Waals surface area contributed by atoms with E-state index in [4.69, 9.17) is 9.72 Å². The Morgan fingerprint density at radius 3 is 2.29 bits per heavy atom. The molecule has 4 heterocycles. The molecule has 0 fully saturated rings. The molecule has 1 aliphatic heterocycles. The second-order valence-corrected chi connectivity index (χ2v) is 13.6. The van der Waals surface area contributed by atoms with Crippen LogP contribution in [0.2, 0.25) is 0 Å². The van der Waals surface area contributed by atoms with Gasteiger partial charge in [0.2, 0.25) is 0 Å². The van der Waals surface area contributed by atoms with Crippen LogP contribution >= 0.6 is 0 Å². The third-order valence-electron chi connectivity index (χ3n) is 9.57. The molecule has 246 valence electrons. The largest absolute Gasteiger partial charge is 0.509 e. The number of para-hydroxylation sites is 2. The van der Waals surface area contributed by atoms with Crippen LogP contribution in [-0.4, -0.2) is 21.2 Å². The van der Waals surface area contributed by atoms with E-state index in [0.29, 0.717) is 11.5 Å². The van der Waals surface area contributed by atoms with Gasteiger partial charge in [-0.15, -0.1) is 41.4 Å². The van der Waals surface area contributed by atoms with Gasteiger partial charge in [-0.1, -0.05) is 62.7 Å². The van der Waals surface area contributed by atoms with Crippen LogP contribution in [0.4, 0.5) is 17.1 Å². The maximum atomic E-state index is 6.53. The summed E-state index contributed by atoms with van der Waals surface area (Å²) in [6, 6.07) is 43.0. The van der Waals surface area contributed by atoms with Crippen molar-refractivity contribution in [2.75, 3.05) is 16.8 Å². The molecule has 49 heavy (non-hydrogen) atoms. The Morgan fingerprint density at radius 2 is 1.47 bits per heavy atom. The van der Waals surface area contributed by atoms with E-state index in [-0.39, 0.29) is 26.5 Å². The van der Waals surface area contributed by atoms with E-state index in [1.54, 1.807) is 0 Å². The Bertz CT molecular complexity index is 2560. The van der Waals surface area contributed by atoms with Gasteiger partial charge in [0.05, 0.1) is 5.52 Å². The van der Waals surface area contributed by atoms with Crippen LogP contribution in [0.25, 0.3) is 49.4 Å². The summed E-state index contributed by atoms with van der Waals surface area (Å²) in [5.41, 5.74) is 8.82. The van der Waals surface area contributed by atoms with E-state index >= 15 is 0 Å². The Kier molecular flexibility index (Phi) is 7.35. The van der Waals surface area contributed by atoms with Crippen LogP contribution in [-0.2, 0) is 33.5 Å². The van der Waals surface area contributed by atoms with Crippen molar-refractivity contribution in [1.82, 2.24) is 14.1 Å². The molecule has 1 aliphatic rings. The Labute approximate surface area is 300 Å². The predicted octanol–water partition coefficient (Wildman–Crippen LogP) is 10.2. The average molecular weight is 820 g/mol. The minimum Gasteiger partial charge on any atom is -0.509 e. The first-order valence-electron chi connectivity index (χ1n) is 16.3. The number of hydrogen-bond acceptors (Lipinski definition) is 4. The molecule has 0 bridgehead atoms. The first-order valence-corrected chi connectivity index (χ1v) is 16.3. The van der Waals surface area contributed by atoms with Gasteiger partial charge in [-0.05, 0) is 59.8 Å². The molecular formula is C42H34N5OPt-3. The van der Waals surface area contributed by atoms with Crippen molar-refractivity contribution in [2.24, 2.45) is 7.05 Å². The second kappa shape index (κ2) is 11.5. The molecule has 9 rings (SSSR count). The number of pyridine rings is 1. The predicted molar refractivity (Wildman–Crippen MR) is 197 cm³/mol. The first-order chi connectivity index (χ1) is 23.3. The molecule has 0 amide bonds. The molecule has 0 radical (unpaired) electrons. The van der Waals surface area contributed by atoms with Gasteiger partial charge in [-0.2, -0.15) is 18.8 Å². The molecule has 5 aromatic carbocycles. The molecule has 8 aromatic rings. The quantitative estimate of drug-likeness (QED) is 0.166. The molecule has 3 aromatic heterocycles. The van der Waals surface area contributed by atoms with E-state index < -0.39 is 0 Å². The average Bonchev–Trinajstić information content (AvgIpc) is 3.71. The normalized spacial score (nSPS) is 13.1. The van der Waals surface area contributed by atoms with E-state index in [1.165, 1.54) is 27.4 Å². The molecule has 0 saturated heterocycles. The molecule has 0 spiro atoms. The van der Waals surface area contributed by atoms with Gasteiger partial charge in [-0.25, -0.2) is 4.98 Å². The van der Waals surface area contributed by atoms with Crippen molar-refractivity contribution in [3.8, 4) is 17.3 Å². The van der Waals surface area contributed by atoms with Crippen LogP contribution in [0.1, 0.15) is 26.3 Å². The van der Waals surface area contributed by atoms with Gasteiger partial charge in [0.15, 0.2) is 0 Å². The number of nitrogens with zero attached hydrogens (tertiary/aromatic N) is 5. The number of fused-ring (bicyclic) bond motifs is 8. The zero-order chi connectivity index (χ0) is 32.7. The minimum atomic E-state index is -0.00321. The number of aryl methyl sites for hydroxylation is 1. The fourth-order valence-corrected chi connectivity index (χ4v) is 7.16. The van der Waals surface area contributed by atoms with Gasteiger partial charge >= 0.3 is 0 Å². The minimum absolute atomic E-state index is 0. The number of hydrogen-bond donors (Lipinski definition) is 0. The summed E-state index contributed by atoms with van der Waals surface area (Å²) in [6.45, 7) is 8.79. The van der Waals surface area contributed by atoms with Gasteiger partial charge < -0.3 is 23.7 Å². The number of aromatic nitrogens is 3. The molecule has 0 unspecified atom stereocenters. The van der Waals surface area contributed by atoms with E-state index in [0.717, 1.165) is 44.7 Å². The fraction of sp³-hybridized carbons (Fsp3) is 0.143. The topological polar surface area (TPSA) is 38.5 Å². The molecular weight excluding hydrogens is 786 g/mol. The first kappa shape index (κ1) is 31.2. The monoisotopic (exact) mass is 819 g/mol. The van der Waals surface area contributed by atoms with Gasteiger partial charge in [0, 0.05) is 79.0 Å². The van der Waals surface area contributed by atoms with Crippen LogP contribution in [0, 0.1) is 18.8 Å². The van der Waals surface area contributed by atoms with Gasteiger partial charge in [0.1, 0.15) is 5.82 Å². The smallest absolute Gasteiger partial charge is 0.135 e. The van der Waals surface area contributed by atoms with E-state index in [1.807, 2.05) is 24.4 Å². The Hall–Kier alpha value is -5.06. The Balaban J connectivity index is 0.00000348. The van der Waals surface area contributed by atoms with E-state index in [2.05, 4.69) is 158 Å². The van der Waals surface area contributed by atoms with Crippen molar-refractivity contribution < 1.29 is 25.8 Å². The maximum Gasteiger partial charge on any atom is 0.135 e. The zero-order valence-electron chi connectivity index (χ0n) is 27.9. The van der Waals surface area contributed by atoms with Crippen molar-refractivity contribution >= 4 is 60.7 Å². The number of ether oxygens (including phenoxy) is 1. The van der Waals surface area contributed by atoms with Crippen LogP contribution in [0.15, 0.2) is 109 Å². The molecule has 6 nitrogen and oxygen atoms in total. The molecule has 0 saturated carbocycles. The summed E-state index contributed by atoms with van der Waals surface area (Å²) < 4.78 is 11.0. The van der Waals surface area contributed by atoms with Crippen LogP contribution in [0.3, 0.4) is 0 Å². The zero-order valence-corrected chi connectivity index (χ0v) is 30.2. The fourth-order valence-electron chi connectivity index (χ4n) is 7.16. The third-order valence-corrected chi connectivity index (χ3v) is 9.57. The molecule has 0 atom stereocenters. The van der Waals surface area contributed by atoms with Crippen LogP contribution < -0.4 is 14.5 Å². The van der Waals surface area contributed by atoms with Crippen molar-refractivity contribution in [3.05, 3.63) is 134 Å². The third kappa shape index (κ3) is 4.92. The number of rotatable bonds is 4. The molecule has 0 aliphatic carbocycles. The summed E-state index contributed by atoms with van der Waals surface area (Å²) in [4.78, 5) is 9.20. The maximum absolute atomic E-state index is 6.53. The van der Waals surface area contributed by atoms with Crippen molar-refractivity contribution in [1.29, 1.82) is 0 Å². The molecule has 0 N–H and O–H groups in total. The summed E-state index contributed by atoms with van der Waals surface area (Å²) in [5, 5.41) is 4.71. The van der Waals surface area contributed by atoms with Crippen molar-refractivity contribution in [3.63, 3.8) is 0 Å². The van der Waals surface area contributed by atoms with Crippen molar-refractivity contribution in [2.45, 2.75) is 26.2 Å².